The highest BCUT2D eigenvalue weighted by Gasteiger charge is 2.21. The van der Waals surface area contributed by atoms with Crippen LogP contribution in [0.25, 0.3) is 22.6 Å². The third-order valence-electron chi connectivity index (χ3n) is 6.02. The Balaban J connectivity index is 1.71. The molecule has 0 saturated heterocycles. The molecule has 0 spiro atoms. The minimum atomic E-state index is -0.790. The van der Waals surface area contributed by atoms with Crippen LogP contribution in [0.2, 0.25) is 0 Å². The topological polar surface area (TPSA) is 127 Å². The fraction of sp³-hybridized carbons (Fsp3) is 0.522. The SMILES string of the molecule is Cc1cc2nc3c(=O)[nH]c(=O)nc-3n(CCCCCCC(=O)O)c2cc1OC1CCCC1. The molecule has 32 heavy (non-hydrogen) atoms. The third kappa shape index (κ3) is 4.81. The summed E-state index contributed by atoms with van der Waals surface area (Å²) in [5.41, 5.74) is 1.23. The molecule has 0 bridgehead atoms. The quantitative estimate of drug-likeness (QED) is 0.386. The number of fused-ring (bicyclic) bond motifs is 2. The summed E-state index contributed by atoms with van der Waals surface area (Å²) in [7, 11) is 0. The Morgan fingerprint density at radius 3 is 2.66 bits per heavy atom. The minimum Gasteiger partial charge on any atom is -0.490 e. The smallest absolute Gasteiger partial charge is 0.349 e. The molecule has 1 fully saturated rings. The van der Waals surface area contributed by atoms with E-state index in [1.165, 1.54) is 12.8 Å². The molecule has 2 heterocycles. The highest BCUT2D eigenvalue weighted by atomic mass is 16.5. The number of carbonyl (C=O) groups is 1. The highest BCUT2D eigenvalue weighted by Crippen LogP contribution is 2.31. The lowest BCUT2D eigenvalue weighted by atomic mass is 10.1. The number of unbranched alkanes of at least 4 members (excludes halogenated alkanes) is 3. The van der Waals surface area contributed by atoms with E-state index in [0.717, 1.165) is 48.9 Å². The van der Waals surface area contributed by atoms with Gasteiger partial charge in [0.25, 0.3) is 5.56 Å². The average Bonchev–Trinajstić information content (AvgIpc) is 3.24. The van der Waals surface area contributed by atoms with Gasteiger partial charge in [0.05, 0.1) is 17.1 Å². The summed E-state index contributed by atoms with van der Waals surface area (Å²) in [6.07, 6.45) is 7.80. The number of hydrogen-bond donors (Lipinski definition) is 2. The van der Waals surface area contributed by atoms with E-state index in [-0.39, 0.29) is 24.0 Å². The monoisotopic (exact) mass is 440 g/mol. The number of H-pyrrole nitrogens is 1. The van der Waals surface area contributed by atoms with Crippen molar-refractivity contribution >= 4 is 17.0 Å². The molecule has 4 rings (SSSR count). The van der Waals surface area contributed by atoms with Crippen molar-refractivity contribution in [2.75, 3.05) is 0 Å². The Labute approximate surface area is 184 Å². The van der Waals surface area contributed by atoms with Crippen molar-refractivity contribution in [2.45, 2.75) is 77.4 Å². The number of aryl methyl sites for hydroxylation is 2. The zero-order valence-electron chi connectivity index (χ0n) is 18.2. The molecule has 0 radical (unpaired) electrons. The van der Waals surface area contributed by atoms with E-state index in [0.29, 0.717) is 18.5 Å². The summed E-state index contributed by atoms with van der Waals surface area (Å²) in [4.78, 5) is 45.8. The second-order valence-corrected chi connectivity index (χ2v) is 8.50. The van der Waals surface area contributed by atoms with E-state index >= 15 is 0 Å². The first-order chi connectivity index (χ1) is 15.4. The van der Waals surface area contributed by atoms with Crippen LogP contribution in [0.3, 0.4) is 0 Å². The van der Waals surface area contributed by atoms with Crippen molar-refractivity contribution in [3.63, 3.8) is 0 Å². The Bertz CT molecular complexity index is 1210. The maximum absolute atomic E-state index is 12.4. The van der Waals surface area contributed by atoms with E-state index in [2.05, 4.69) is 15.0 Å². The highest BCUT2D eigenvalue weighted by molar-refractivity contribution is 5.82. The van der Waals surface area contributed by atoms with Gasteiger partial charge in [0.2, 0.25) is 0 Å². The summed E-state index contributed by atoms with van der Waals surface area (Å²) in [5.74, 6) is 0.252. The molecule has 9 nitrogen and oxygen atoms in total. The second-order valence-electron chi connectivity index (χ2n) is 8.50. The van der Waals surface area contributed by atoms with Crippen LogP contribution in [0.5, 0.6) is 5.75 Å². The van der Waals surface area contributed by atoms with Crippen molar-refractivity contribution < 1.29 is 14.6 Å². The molecule has 2 N–H and O–H groups in total. The molecule has 1 saturated carbocycles. The maximum atomic E-state index is 12.4. The number of ether oxygens (including phenoxy) is 1. The van der Waals surface area contributed by atoms with Gasteiger partial charge in [-0.15, -0.1) is 0 Å². The Morgan fingerprint density at radius 2 is 1.91 bits per heavy atom. The molecule has 0 atom stereocenters. The molecule has 0 unspecified atom stereocenters. The number of carboxylic acids is 1. The summed E-state index contributed by atoms with van der Waals surface area (Å²) < 4.78 is 8.13. The van der Waals surface area contributed by atoms with E-state index in [4.69, 9.17) is 9.84 Å². The molecule has 2 aliphatic heterocycles. The maximum Gasteiger partial charge on any atom is 0.349 e. The van der Waals surface area contributed by atoms with Crippen LogP contribution < -0.4 is 16.0 Å². The Hall–Kier alpha value is -3.23. The van der Waals surface area contributed by atoms with Crippen LogP contribution >= 0.6 is 0 Å². The predicted octanol–water partition coefficient (Wildman–Crippen LogP) is 3.25. The average molecular weight is 441 g/mol. The minimum absolute atomic E-state index is 0.131. The van der Waals surface area contributed by atoms with Gasteiger partial charge in [-0.2, -0.15) is 4.98 Å². The van der Waals surface area contributed by atoms with Crippen LogP contribution in [0, 0.1) is 6.92 Å². The molecule has 9 heteroatoms. The fourth-order valence-corrected chi connectivity index (χ4v) is 4.37. The van der Waals surface area contributed by atoms with Gasteiger partial charge in [0.1, 0.15) is 5.75 Å². The second kappa shape index (κ2) is 9.50. The van der Waals surface area contributed by atoms with Crippen molar-refractivity contribution in [3.8, 4) is 17.3 Å². The van der Waals surface area contributed by atoms with E-state index in [9.17, 15) is 14.4 Å². The Morgan fingerprint density at radius 1 is 1.16 bits per heavy atom. The molecule has 1 aromatic rings. The van der Waals surface area contributed by atoms with Gasteiger partial charge in [-0.1, -0.05) is 12.8 Å². The van der Waals surface area contributed by atoms with Crippen LogP contribution in [0.4, 0.5) is 0 Å². The number of rotatable bonds is 9. The molecule has 0 aromatic heterocycles. The summed E-state index contributed by atoms with van der Waals surface area (Å²) in [6.45, 7) is 2.50. The summed E-state index contributed by atoms with van der Waals surface area (Å²) in [6, 6.07) is 3.85. The zero-order valence-corrected chi connectivity index (χ0v) is 18.2. The fourth-order valence-electron chi connectivity index (χ4n) is 4.37. The molecule has 3 aliphatic rings. The van der Waals surface area contributed by atoms with Gasteiger partial charge >= 0.3 is 11.7 Å². The van der Waals surface area contributed by atoms with E-state index in [1.54, 1.807) is 0 Å². The molecular formula is C23H28N4O5. The van der Waals surface area contributed by atoms with Crippen molar-refractivity contribution in [1.82, 2.24) is 19.5 Å². The Kier molecular flexibility index (Phi) is 6.53. The number of nitrogens with one attached hydrogen (secondary N) is 1. The van der Waals surface area contributed by atoms with Gasteiger partial charge in [-0.05, 0) is 57.1 Å². The van der Waals surface area contributed by atoms with Gasteiger partial charge < -0.3 is 14.4 Å². The van der Waals surface area contributed by atoms with Crippen molar-refractivity contribution in [1.29, 1.82) is 0 Å². The number of hydrogen-bond acceptors (Lipinski definition) is 6. The van der Waals surface area contributed by atoms with Gasteiger partial charge in [0, 0.05) is 19.0 Å². The molecule has 1 aromatic carbocycles. The third-order valence-corrected chi connectivity index (χ3v) is 6.02. The first kappa shape index (κ1) is 22.0. The van der Waals surface area contributed by atoms with Crippen LogP contribution in [-0.2, 0) is 11.3 Å². The molecular weight excluding hydrogens is 412 g/mol. The number of aromatic amines is 1. The lowest BCUT2D eigenvalue weighted by Gasteiger charge is -2.20. The van der Waals surface area contributed by atoms with Gasteiger partial charge in [-0.3, -0.25) is 14.6 Å². The predicted molar refractivity (Wildman–Crippen MR) is 119 cm³/mol. The number of nitrogens with zero attached hydrogens (tertiary/aromatic N) is 3. The normalized spacial score (nSPS) is 14.4. The van der Waals surface area contributed by atoms with E-state index in [1.807, 2.05) is 23.6 Å². The van der Waals surface area contributed by atoms with Crippen LogP contribution in [0.1, 0.15) is 63.4 Å². The number of benzene rings is 1. The van der Waals surface area contributed by atoms with Crippen LogP contribution in [0.15, 0.2) is 21.7 Å². The van der Waals surface area contributed by atoms with E-state index < -0.39 is 17.2 Å². The first-order valence-corrected chi connectivity index (χ1v) is 11.3. The largest absolute Gasteiger partial charge is 0.490 e. The van der Waals surface area contributed by atoms with Crippen LogP contribution in [-0.4, -0.2) is 36.7 Å². The lowest BCUT2D eigenvalue weighted by Crippen LogP contribution is -2.29. The number of aromatic nitrogens is 4. The molecule has 0 amide bonds. The van der Waals surface area contributed by atoms with Crippen molar-refractivity contribution in [3.05, 3.63) is 38.5 Å². The summed E-state index contributed by atoms with van der Waals surface area (Å²) in [5, 5.41) is 8.79. The van der Waals surface area contributed by atoms with Crippen molar-refractivity contribution in [2.24, 2.45) is 0 Å². The summed E-state index contributed by atoms with van der Waals surface area (Å²) >= 11 is 0. The molecule has 170 valence electrons. The first-order valence-electron chi connectivity index (χ1n) is 11.3. The number of carboxylic acid groups (broad SMARTS) is 1. The standard InChI is InChI=1S/C23H28N4O5/c1-14-12-16-17(13-18(14)32-15-8-5-6-9-15)27(11-7-3-2-4-10-19(28)29)21-20(24-16)22(30)26-23(31)25-21/h12-13,15H,2-11H2,1H3,(H,28,29)(H,26,30,31). The van der Waals surface area contributed by atoms with Gasteiger partial charge in [-0.25, -0.2) is 9.78 Å². The van der Waals surface area contributed by atoms with Gasteiger partial charge in [0.15, 0.2) is 11.5 Å². The zero-order chi connectivity index (χ0) is 22.7. The lowest BCUT2D eigenvalue weighted by molar-refractivity contribution is -0.137. The molecule has 1 aliphatic carbocycles. The number of aliphatic carboxylic acids is 1.